The lowest BCUT2D eigenvalue weighted by atomic mass is 10.00. The number of thiophene rings is 1. The van der Waals surface area contributed by atoms with Crippen LogP contribution in [-0.2, 0) is 0 Å². The summed E-state index contributed by atoms with van der Waals surface area (Å²) in [5.41, 5.74) is 1.12. The molecule has 1 aromatic heterocycles. The van der Waals surface area contributed by atoms with E-state index in [0.717, 1.165) is 17.5 Å². The van der Waals surface area contributed by atoms with Gasteiger partial charge in [0.05, 0.1) is 0 Å². The highest BCUT2D eigenvalue weighted by molar-refractivity contribution is 7.17. The van der Waals surface area contributed by atoms with Gasteiger partial charge in [-0.05, 0) is 41.8 Å². The second-order valence-electron chi connectivity index (χ2n) is 4.80. The van der Waals surface area contributed by atoms with Crippen molar-refractivity contribution in [3.63, 3.8) is 0 Å². The summed E-state index contributed by atoms with van der Waals surface area (Å²) in [4.78, 5) is 0. The topological polar surface area (TPSA) is 12.0 Å². The minimum atomic E-state index is -4.06. The Morgan fingerprint density at radius 3 is 2.70 bits per heavy atom. The first-order valence-corrected chi connectivity index (χ1v) is 7.65. The largest absolute Gasteiger partial charge is 0.389 e. The minimum absolute atomic E-state index is 0.00139. The zero-order valence-corrected chi connectivity index (χ0v) is 12.2. The lowest BCUT2D eigenvalue weighted by molar-refractivity contribution is -0.135. The van der Waals surface area contributed by atoms with Gasteiger partial charge in [0, 0.05) is 17.2 Å². The summed E-state index contributed by atoms with van der Waals surface area (Å²) in [7, 11) is 0. The third kappa shape index (κ3) is 3.96. The average molecular weight is 301 g/mol. The average Bonchev–Trinajstić information content (AvgIpc) is 2.80. The summed E-state index contributed by atoms with van der Waals surface area (Å²) in [6, 6.07) is 8.03. The highest BCUT2D eigenvalue weighted by atomic mass is 32.1. The highest BCUT2D eigenvalue weighted by Gasteiger charge is 2.27. The van der Waals surface area contributed by atoms with Gasteiger partial charge >= 0.3 is 6.18 Å². The Balaban J connectivity index is 2.12. The van der Waals surface area contributed by atoms with Crippen molar-refractivity contribution in [2.75, 3.05) is 6.54 Å². The molecule has 1 heterocycles. The lowest BCUT2D eigenvalue weighted by Crippen LogP contribution is -2.21. The molecule has 0 amide bonds. The van der Waals surface area contributed by atoms with E-state index in [0.29, 0.717) is 6.42 Å². The standard InChI is InChI=1S/C15H18F3NS/c1-2-19-13(7-5-9-15(16,17)18)12-10-20-14-8-4-3-6-11(12)14/h3-4,6,8,10,13,19H,2,5,7,9H2,1H3. The van der Waals surface area contributed by atoms with Crippen LogP contribution in [0.3, 0.4) is 0 Å². The minimum Gasteiger partial charge on any atom is -0.310 e. The molecular formula is C15H18F3NS. The molecule has 0 spiro atoms. The molecule has 5 heteroatoms. The van der Waals surface area contributed by atoms with Crippen LogP contribution < -0.4 is 5.32 Å². The second kappa shape index (κ2) is 6.59. The number of nitrogens with one attached hydrogen (secondary N) is 1. The first kappa shape index (κ1) is 15.3. The smallest absolute Gasteiger partial charge is 0.310 e. The molecule has 0 aliphatic heterocycles. The molecule has 0 aliphatic carbocycles. The number of alkyl halides is 3. The Morgan fingerprint density at radius 2 is 2.00 bits per heavy atom. The van der Waals surface area contributed by atoms with Crippen molar-refractivity contribution in [1.82, 2.24) is 5.32 Å². The predicted octanol–water partition coefficient (Wildman–Crippen LogP) is 5.28. The molecule has 0 saturated heterocycles. The number of halogens is 3. The Hall–Kier alpha value is -1.07. The molecule has 0 radical (unpaired) electrons. The Labute approximate surface area is 120 Å². The quantitative estimate of drug-likeness (QED) is 0.765. The molecule has 1 unspecified atom stereocenters. The fourth-order valence-corrected chi connectivity index (χ4v) is 3.40. The fourth-order valence-electron chi connectivity index (χ4n) is 2.39. The van der Waals surface area contributed by atoms with Gasteiger partial charge in [0.25, 0.3) is 0 Å². The first-order chi connectivity index (χ1) is 9.51. The Morgan fingerprint density at radius 1 is 1.25 bits per heavy atom. The van der Waals surface area contributed by atoms with Crippen LogP contribution in [0.2, 0.25) is 0 Å². The lowest BCUT2D eigenvalue weighted by Gasteiger charge is -2.18. The molecule has 0 saturated carbocycles. The number of benzene rings is 1. The van der Waals surface area contributed by atoms with Crippen LogP contribution in [0.5, 0.6) is 0 Å². The van der Waals surface area contributed by atoms with Gasteiger partial charge in [0.1, 0.15) is 0 Å². The van der Waals surface area contributed by atoms with Crippen LogP contribution in [0, 0.1) is 0 Å². The molecule has 1 atom stereocenters. The molecule has 0 bridgehead atoms. The van der Waals surface area contributed by atoms with Crippen LogP contribution in [0.1, 0.15) is 37.8 Å². The fraction of sp³-hybridized carbons (Fsp3) is 0.467. The summed E-state index contributed by atoms with van der Waals surface area (Å²) in [5.74, 6) is 0. The second-order valence-corrected chi connectivity index (χ2v) is 5.72. The molecule has 0 aliphatic rings. The molecule has 1 N–H and O–H groups in total. The first-order valence-electron chi connectivity index (χ1n) is 6.77. The molecule has 2 rings (SSSR count). The summed E-state index contributed by atoms with van der Waals surface area (Å²) in [6.45, 7) is 2.73. The van der Waals surface area contributed by atoms with Gasteiger partial charge in [-0.3, -0.25) is 0 Å². The van der Waals surface area contributed by atoms with E-state index >= 15 is 0 Å². The van der Waals surface area contributed by atoms with E-state index in [1.165, 1.54) is 4.70 Å². The van der Waals surface area contributed by atoms with Crippen LogP contribution in [0.4, 0.5) is 13.2 Å². The van der Waals surface area contributed by atoms with Crippen molar-refractivity contribution < 1.29 is 13.2 Å². The summed E-state index contributed by atoms with van der Waals surface area (Å²) < 4.78 is 38.0. The number of rotatable bonds is 6. The van der Waals surface area contributed by atoms with Crippen molar-refractivity contribution >= 4 is 21.4 Å². The van der Waals surface area contributed by atoms with E-state index in [2.05, 4.69) is 10.7 Å². The van der Waals surface area contributed by atoms with Gasteiger partial charge < -0.3 is 5.32 Å². The van der Waals surface area contributed by atoms with Crippen molar-refractivity contribution in [3.05, 3.63) is 35.2 Å². The van der Waals surface area contributed by atoms with Gasteiger partial charge in [-0.2, -0.15) is 13.2 Å². The summed E-state index contributed by atoms with van der Waals surface area (Å²) in [5, 5.41) is 6.51. The molecular weight excluding hydrogens is 283 g/mol. The van der Waals surface area contributed by atoms with E-state index < -0.39 is 12.6 Å². The zero-order valence-electron chi connectivity index (χ0n) is 11.3. The molecule has 0 fully saturated rings. The van der Waals surface area contributed by atoms with Gasteiger partial charge in [-0.25, -0.2) is 0 Å². The Bertz CT molecular complexity index is 547. The summed E-state index contributed by atoms with van der Waals surface area (Å²) >= 11 is 1.64. The van der Waals surface area contributed by atoms with E-state index in [4.69, 9.17) is 0 Å². The number of hydrogen-bond donors (Lipinski definition) is 1. The van der Waals surface area contributed by atoms with Crippen LogP contribution in [0.25, 0.3) is 10.1 Å². The van der Waals surface area contributed by atoms with Crippen molar-refractivity contribution in [1.29, 1.82) is 0 Å². The zero-order chi connectivity index (χ0) is 14.6. The SMILES string of the molecule is CCNC(CCCC(F)(F)F)c1csc2ccccc12. The molecule has 1 aromatic carbocycles. The molecule has 1 nitrogen and oxygen atoms in total. The Kier molecular flexibility index (Phi) is 5.05. The maximum Gasteiger partial charge on any atom is 0.389 e. The monoisotopic (exact) mass is 301 g/mol. The third-order valence-electron chi connectivity index (χ3n) is 3.29. The maximum absolute atomic E-state index is 12.3. The van der Waals surface area contributed by atoms with Gasteiger partial charge in [-0.1, -0.05) is 25.1 Å². The normalized spacial score (nSPS) is 13.8. The number of hydrogen-bond acceptors (Lipinski definition) is 2. The van der Waals surface area contributed by atoms with Crippen LogP contribution in [0.15, 0.2) is 29.6 Å². The van der Waals surface area contributed by atoms with Crippen LogP contribution in [-0.4, -0.2) is 12.7 Å². The molecule has 110 valence electrons. The summed E-state index contributed by atoms with van der Waals surface area (Å²) in [6.07, 6.45) is -4.11. The van der Waals surface area contributed by atoms with E-state index in [1.54, 1.807) is 11.3 Å². The van der Waals surface area contributed by atoms with Crippen molar-refractivity contribution in [2.45, 2.75) is 38.4 Å². The van der Waals surface area contributed by atoms with Gasteiger partial charge in [-0.15, -0.1) is 11.3 Å². The van der Waals surface area contributed by atoms with E-state index in [-0.39, 0.29) is 12.5 Å². The van der Waals surface area contributed by atoms with Crippen molar-refractivity contribution in [3.8, 4) is 0 Å². The maximum atomic E-state index is 12.3. The molecule has 20 heavy (non-hydrogen) atoms. The van der Waals surface area contributed by atoms with Gasteiger partial charge in [0.15, 0.2) is 0 Å². The predicted molar refractivity (Wildman–Crippen MR) is 78.1 cm³/mol. The van der Waals surface area contributed by atoms with E-state index in [9.17, 15) is 13.2 Å². The third-order valence-corrected chi connectivity index (χ3v) is 4.27. The van der Waals surface area contributed by atoms with Gasteiger partial charge in [0.2, 0.25) is 0 Å². The van der Waals surface area contributed by atoms with Crippen LogP contribution >= 0.6 is 11.3 Å². The molecule has 2 aromatic rings. The van der Waals surface area contributed by atoms with E-state index in [1.807, 2.05) is 31.2 Å². The highest BCUT2D eigenvalue weighted by Crippen LogP contribution is 2.33. The number of fused-ring (bicyclic) bond motifs is 1. The van der Waals surface area contributed by atoms with Crippen molar-refractivity contribution in [2.24, 2.45) is 0 Å².